The number of ether oxygens (including phenoxy) is 2. The lowest BCUT2D eigenvalue weighted by Gasteiger charge is -2.02. The third-order valence-corrected chi connectivity index (χ3v) is 0.844. The van der Waals surface area contributed by atoms with Gasteiger partial charge in [0.05, 0.1) is 12.6 Å². The minimum atomic E-state index is -2.34. The molecule has 0 amide bonds. The maximum atomic E-state index is 11.3. The standard InChI is InChI=1S/C4H9BF2O.C3H8O/c1-4(2)8-3-5(6)7;1-3-4-2/h4H,3H2,1-2H3;3H2,1-2H3. The van der Waals surface area contributed by atoms with E-state index in [2.05, 4.69) is 9.47 Å². The van der Waals surface area contributed by atoms with Gasteiger partial charge in [0.25, 0.3) is 0 Å². The Labute approximate surface area is 73.4 Å². The van der Waals surface area contributed by atoms with Crippen LogP contribution in [0.3, 0.4) is 0 Å². The van der Waals surface area contributed by atoms with Crippen molar-refractivity contribution in [1.82, 2.24) is 0 Å². The summed E-state index contributed by atoms with van der Waals surface area (Å²) >= 11 is 0. The van der Waals surface area contributed by atoms with E-state index in [-0.39, 0.29) is 6.10 Å². The first-order chi connectivity index (χ1) is 5.54. The highest BCUT2D eigenvalue weighted by Crippen LogP contribution is 1.91. The summed E-state index contributed by atoms with van der Waals surface area (Å²) in [4.78, 5) is 0. The zero-order valence-electron chi connectivity index (χ0n) is 8.14. The molecule has 0 N–H and O–H groups in total. The second-order valence-corrected chi connectivity index (χ2v) is 2.35. The molecule has 0 rings (SSSR count). The van der Waals surface area contributed by atoms with Crippen LogP contribution in [0.5, 0.6) is 0 Å². The van der Waals surface area contributed by atoms with Crippen LogP contribution in [-0.4, -0.2) is 33.6 Å². The molecule has 0 saturated carbocycles. The van der Waals surface area contributed by atoms with Crippen molar-refractivity contribution in [1.29, 1.82) is 0 Å². The molecule has 0 aromatic carbocycles. The Balaban J connectivity index is 0. The second kappa shape index (κ2) is 10.8. The van der Waals surface area contributed by atoms with E-state index < -0.39 is 13.8 Å². The van der Waals surface area contributed by atoms with Crippen LogP contribution in [0, 0.1) is 0 Å². The molecule has 0 atom stereocenters. The molecule has 0 aliphatic carbocycles. The van der Waals surface area contributed by atoms with Gasteiger partial charge in [-0.2, -0.15) is 0 Å². The molecule has 0 fully saturated rings. The van der Waals surface area contributed by atoms with Gasteiger partial charge >= 0.3 is 7.27 Å². The minimum absolute atomic E-state index is 0.0935. The van der Waals surface area contributed by atoms with Crippen molar-refractivity contribution in [2.45, 2.75) is 26.9 Å². The van der Waals surface area contributed by atoms with Gasteiger partial charge in [0.15, 0.2) is 0 Å². The summed E-state index contributed by atoms with van der Waals surface area (Å²) < 4.78 is 31.6. The smallest absolute Gasteiger partial charge is 0.385 e. The Bertz CT molecular complexity index is 71.8. The SMILES string of the molecule is CC(C)OCB(F)F.CCOC. The van der Waals surface area contributed by atoms with Crippen molar-refractivity contribution in [2.75, 3.05) is 20.2 Å². The Hall–Kier alpha value is -0.155. The average Bonchev–Trinajstić information content (AvgIpc) is 2.01. The van der Waals surface area contributed by atoms with Crippen molar-refractivity contribution in [3.8, 4) is 0 Å². The Morgan fingerprint density at radius 3 is 1.83 bits per heavy atom. The van der Waals surface area contributed by atoms with Crippen LogP contribution < -0.4 is 0 Å². The van der Waals surface area contributed by atoms with E-state index in [1.54, 1.807) is 21.0 Å². The molecule has 0 unspecified atom stereocenters. The normalized spacial score (nSPS) is 9.25. The van der Waals surface area contributed by atoms with Gasteiger partial charge < -0.3 is 9.47 Å². The summed E-state index contributed by atoms with van der Waals surface area (Å²) in [5.74, 6) is 0. The summed E-state index contributed by atoms with van der Waals surface area (Å²) in [6.07, 6.45) is -0.0935. The minimum Gasteiger partial charge on any atom is -0.385 e. The molecule has 0 bridgehead atoms. The first-order valence-electron chi connectivity index (χ1n) is 3.93. The van der Waals surface area contributed by atoms with E-state index in [0.29, 0.717) is 0 Å². The van der Waals surface area contributed by atoms with Gasteiger partial charge in [0.1, 0.15) is 0 Å². The number of halogens is 2. The number of hydrogen-bond acceptors (Lipinski definition) is 2. The molecular weight excluding hydrogens is 165 g/mol. The van der Waals surface area contributed by atoms with Crippen molar-refractivity contribution in [3.05, 3.63) is 0 Å². The first-order valence-corrected chi connectivity index (χ1v) is 3.93. The van der Waals surface area contributed by atoms with Gasteiger partial charge in [-0.05, 0) is 20.8 Å². The van der Waals surface area contributed by atoms with Gasteiger partial charge in [0.2, 0.25) is 0 Å². The maximum absolute atomic E-state index is 11.3. The van der Waals surface area contributed by atoms with Crippen LogP contribution >= 0.6 is 0 Å². The molecule has 0 saturated heterocycles. The van der Waals surface area contributed by atoms with E-state index in [9.17, 15) is 8.63 Å². The quantitative estimate of drug-likeness (QED) is 0.619. The summed E-state index contributed by atoms with van der Waals surface area (Å²) in [5, 5.41) is 0. The predicted octanol–water partition coefficient (Wildman–Crippen LogP) is 2.03. The highest BCUT2D eigenvalue weighted by atomic mass is 19.2. The maximum Gasteiger partial charge on any atom is 0.563 e. The van der Waals surface area contributed by atoms with Crippen LogP contribution in [0.4, 0.5) is 8.63 Å². The van der Waals surface area contributed by atoms with Crippen molar-refractivity contribution >= 4 is 7.27 Å². The first kappa shape index (κ1) is 14.4. The van der Waals surface area contributed by atoms with Crippen LogP contribution in [0.1, 0.15) is 20.8 Å². The van der Waals surface area contributed by atoms with E-state index in [1.165, 1.54) is 0 Å². The molecule has 0 heterocycles. The van der Waals surface area contributed by atoms with Crippen LogP contribution in [0.15, 0.2) is 0 Å². The van der Waals surface area contributed by atoms with Gasteiger partial charge in [0, 0.05) is 13.7 Å². The molecule has 0 radical (unpaired) electrons. The number of hydrogen-bond donors (Lipinski definition) is 0. The number of methoxy groups -OCH3 is 1. The fourth-order valence-electron chi connectivity index (χ4n) is 0.265. The molecule has 0 aromatic rings. The lowest BCUT2D eigenvalue weighted by atomic mass is 10.0. The van der Waals surface area contributed by atoms with Crippen LogP contribution in [0.25, 0.3) is 0 Å². The van der Waals surface area contributed by atoms with Crippen molar-refractivity contribution in [2.24, 2.45) is 0 Å². The molecule has 0 aliphatic rings. The van der Waals surface area contributed by atoms with Crippen LogP contribution in [0.2, 0.25) is 0 Å². The van der Waals surface area contributed by atoms with E-state index in [0.717, 1.165) is 6.61 Å². The Morgan fingerprint density at radius 2 is 1.75 bits per heavy atom. The monoisotopic (exact) mass is 182 g/mol. The second-order valence-electron chi connectivity index (χ2n) is 2.35. The molecule has 0 aliphatic heterocycles. The molecule has 0 aromatic heterocycles. The molecule has 74 valence electrons. The molecule has 0 spiro atoms. The largest absolute Gasteiger partial charge is 0.563 e. The molecular formula is C7H17BF2O2. The summed E-state index contributed by atoms with van der Waals surface area (Å²) in [6, 6.07) is 0. The molecule has 12 heavy (non-hydrogen) atoms. The summed E-state index contributed by atoms with van der Waals surface area (Å²) in [7, 11) is -0.655. The lowest BCUT2D eigenvalue weighted by Crippen LogP contribution is -2.13. The zero-order chi connectivity index (χ0) is 9.98. The fourth-order valence-corrected chi connectivity index (χ4v) is 0.265. The van der Waals surface area contributed by atoms with Gasteiger partial charge in [-0.15, -0.1) is 0 Å². The Morgan fingerprint density at radius 1 is 1.33 bits per heavy atom. The predicted molar refractivity (Wildman–Crippen MR) is 46.6 cm³/mol. The average molecular weight is 182 g/mol. The lowest BCUT2D eigenvalue weighted by molar-refractivity contribution is 0.106. The summed E-state index contributed by atoms with van der Waals surface area (Å²) in [5.41, 5.74) is 0. The van der Waals surface area contributed by atoms with E-state index >= 15 is 0 Å². The van der Waals surface area contributed by atoms with Crippen molar-refractivity contribution < 1.29 is 18.1 Å². The third kappa shape index (κ3) is 22.5. The third-order valence-electron chi connectivity index (χ3n) is 0.844. The molecule has 2 nitrogen and oxygen atoms in total. The van der Waals surface area contributed by atoms with Crippen LogP contribution in [-0.2, 0) is 9.47 Å². The number of rotatable bonds is 4. The van der Waals surface area contributed by atoms with Gasteiger partial charge in [-0.1, -0.05) is 0 Å². The highest BCUT2D eigenvalue weighted by molar-refractivity contribution is 6.42. The van der Waals surface area contributed by atoms with E-state index in [1.807, 2.05) is 6.92 Å². The fraction of sp³-hybridized carbons (Fsp3) is 1.00. The van der Waals surface area contributed by atoms with Crippen molar-refractivity contribution in [3.63, 3.8) is 0 Å². The highest BCUT2D eigenvalue weighted by Gasteiger charge is 2.12. The zero-order valence-corrected chi connectivity index (χ0v) is 8.14. The Kier molecular flexibility index (Phi) is 13.0. The van der Waals surface area contributed by atoms with E-state index in [4.69, 9.17) is 0 Å². The summed E-state index contributed by atoms with van der Waals surface area (Å²) in [6.45, 7) is 5.78. The topological polar surface area (TPSA) is 18.5 Å². The van der Waals surface area contributed by atoms with Gasteiger partial charge in [-0.3, -0.25) is 8.63 Å². The van der Waals surface area contributed by atoms with Gasteiger partial charge in [-0.25, -0.2) is 0 Å². The molecule has 5 heteroatoms.